The normalized spacial score (nSPS) is 14.3. The van der Waals surface area contributed by atoms with Crippen molar-refractivity contribution in [2.75, 3.05) is 13.7 Å². The van der Waals surface area contributed by atoms with Gasteiger partial charge in [-0.25, -0.2) is 0 Å². The summed E-state index contributed by atoms with van der Waals surface area (Å²) in [5.74, 6) is 0.987. The summed E-state index contributed by atoms with van der Waals surface area (Å²) < 4.78 is 11.4. The van der Waals surface area contributed by atoms with Crippen LogP contribution in [0.25, 0.3) is 0 Å². The Morgan fingerprint density at radius 1 is 0.872 bits per heavy atom. The molecule has 206 valence electrons. The lowest BCUT2D eigenvalue weighted by Crippen LogP contribution is -2.53. The molecule has 0 bridgehead atoms. The summed E-state index contributed by atoms with van der Waals surface area (Å²) in [6, 6.07) is 22.8. The zero-order valence-corrected chi connectivity index (χ0v) is 23.3. The van der Waals surface area contributed by atoms with Crippen molar-refractivity contribution in [3.8, 4) is 11.5 Å². The first-order chi connectivity index (χ1) is 18.9. The summed E-state index contributed by atoms with van der Waals surface area (Å²) in [7, 11) is 1.62. The van der Waals surface area contributed by atoms with Gasteiger partial charge in [0.25, 0.3) is 5.91 Å². The van der Waals surface area contributed by atoms with Crippen molar-refractivity contribution in [3.63, 3.8) is 0 Å². The maximum Gasteiger partial charge on any atom is 0.261 e. The third-order valence-electron chi connectivity index (χ3n) is 7.55. The molecule has 1 fully saturated rings. The molecule has 2 amide bonds. The highest BCUT2D eigenvalue weighted by Crippen LogP contribution is 2.22. The molecule has 1 aliphatic rings. The zero-order valence-electron chi connectivity index (χ0n) is 23.3. The number of aryl methyl sites for hydroxylation is 2. The molecule has 1 aliphatic carbocycles. The smallest absolute Gasteiger partial charge is 0.261 e. The van der Waals surface area contributed by atoms with Crippen LogP contribution in [0, 0.1) is 13.8 Å². The minimum atomic E-state index is -0.684. The Balaban J connectivity index is 1.62. The number of ether oxygens (including phenoxy) is 2. The number of nitrogens with one attached hydrogen (secondary N) is 1. The molecule has 0 spiro atoms. The molecule has 0 saturated heterocycles. The molecule has 6 nitrogen and oxygen atoms in total. The van der Waals surface area contributed by atoms with Crippen LogP contribution in [-0.2, 0) is 22.6 Å². The Morgan fingerprint density at radius 2 is 1.62 bits per heavy atom. The molecule has 1 saturated carbocycles. The van der Waals surface area contributed by atoms with Crippen molar-refractivity contribution < 1.29 is 19.1 Å². The van der Waals surface area contributed by atoms with Gasteiger partial charge in [-0.05, 0) is 73.2 Å². The second-order valence-electron chi connectivity index (χ2n) is 10.5. The molecular weight excluding hydrogens is 488 g/mol. The number of hydrogen-bond acceptors (Lipinski definition) is 4. The van der Waals surface area contributed by atoms with Gasteiger partial charge in [0.15, 0.2) is 6.61 Å². The van der Waals surface area contributed by atoms with E-state index in [1.807, 2.05) is 86.6 Å². The molecule has 6 heteroatoms. The summed E-state index contributed by atoms with van der Waals surface area (Å²) in [5, 5.41) is 3.27. The van der Waals surface area contributed by atoms with E-state index in [-0.39, 0.29) is 31.0 Å². The Bertz CT molecular complexity index is 1240. The van der Waals surface area contributed by atoms with E-state index in [4.69, 9.17) is 9.47 Å². The molecule has 4 rings (SSSR count). The first-order valence-corrected chi connectivity index (χ1v) is 13.9. The number of benzene rings is 3. The molecule has 0 aromatic heterocycles. The number of amides is 2. The number of nitrogens with zero attached hydrogens (tertiary/aromatic N) is 1. The van der Waals surface area contributed by atoms with Crippen LogP contribution in [0.5, 0.6) is 11.5 Å². The maximum absolute atomic E-state index is 13.9. The van der Waals surface area contributed by atoms with E-state index in [9.17, 15) is 9.59 Å². The topological polar surface area (TPSA) is 67.9 Å². The minimum Gasteiger partial charge on any atom is -0.497 e. The lowest BCUT2D eigenvalue weighted by Gasteiger charge is -2.33. The minimum absolute atomic E-state index is 0.117. The number of carbonyl (C=O) groups is 2. The molecule has 39 heavy (non-hydrogen) atoms. The van der Waals surface area contributed by atoms with Crippen molar-refractivity contribution in [2.45, 2.75) is 71.0 Å². The van der Waals surface area contributed by atoms with Crippen LogP contribution in [0.4, 0.5) is 0 Å². The van der Waals surface area contributed by atoms with Crippen LogP contribution in [0.1, 0.15) is 54.4 Å². The molecule has 0 aliphatic heterocycles. The molecule has 0 radical (unpaired) electrons. The number of rotatable bonds is 11. The predicted octanol–water partition coefficient (Wildman–Crippen LogP) is 5.78. The highest BCUT2D eigenvalue weighted by atomic mass is 16.5. The highest BCUT2D eigenvalue weighted by molar-refractivity contribution is 5.88. The Kier molecular flexibility index (Phi) is 10.0. The third kappa shape index (κ3) is 8.09. The van der Waals surface area contributed by atoms with Gasteiger partial charge < -0.3 is 19.7 Å². The number of methoxy groups -OCH3 is 1. The predicted molar refractivity (Wildman–Crippen MR) is 154 cm³/mol. The molecule has 3 aromatic rings. The SMILES string of the molecule is COc1cccc(CN(C(=O)COc2ccc(C)c(C)c2)[C@H](Cc2ccccc2)C(=O)NC2CCCCC2)c1. The second-order valence-corrected chi connectivity index (χ2v) is 10.5. The number of carbonyl (C=O) groups excluding carboxylic acids is 2. The van der Waals surface area contributed by atoms with Gasteiger partial charge in [-0.2, -0.15) is 0 Å². The lowest BCUT2D eigenvalue weighted by atomic mass is 9.94. The second kappa shape index (κ2) is 13.8. The van der Waals surface area contributed by atoms with Crippen LogP contribution in [-0.4, -0.2) is 42.5 Å². The van der Waals surface area contributed by atoms with Gasteiger partial charge in [-0.15, -0.1) is 0 Å². The van der Waals surface area contributed by atoms with Gasteiger partial charge in [0, 0.05) is 19.0 Å². The van der Waals surface area contributed by atoms with Gasteiger partial charge in [0.1, 0.15) is 17.5 Å². The monoisotopic (exact) mass is 528 g/mol. The molecular formula is C33H40N2O4. The van der Waals surface area contributed by atoms with Crippen molar-refractivity contribution in [1.29, 1.82) is 0 Å². The summed E-state index contributed by atoms with van der Waals surface area (Å²) in [5.41, 5.74) is 4.15. The van der Waals surface area contributed by atoms with E-state index < -0.39 is 6.04 Å². The van der Waals surface area contributed by atoms with Crippen molar-refractivity contribution in [2.24, 2.45) is 0 Å². The Labute approximate surface area is 232 Å². The first-order valence-electron chi connectivity index (χ1n) is 13.9. The zero-order chi connectivity index (χ0) is 27.6. The quantitative estimate of drug-likeness (QED) is 0.343. The van der Waals surface area contributed by atoms with Gasteiger partial charge in [0.05, 0.1) is 7.11 Å². The van der Waals surface area contributed by atoms with Crippen LogP contribution in [0.2, 0.25) is 0 Å². The molecule has 3 aromatic carbocycles. The average molecular weight is 529 g/mol. The molecule has 0 heterocycles. The van der Waals surface area contributed by atoms with Crippen LogP contribution in [0.3, 0.4) is 0 Å². The molecule has 1 atom stereocenters. The van der Waals surface area contributed by atoms with E-state index in [1.54, 1.807) is 12.0 Å². The van der Waals surface area contributed by atoms with Crippen LogP contribution >= 0.6 is 0 Å². The fourth-order valence-electron chi connectivity index (χ4n) is 5.10. The van der Waals surface area contributed by atoms with Crippen molar-refractivity contribution >= 4 is 11.8 Å². The van der Waals surface area contributed by atoms with Crippen LogP contribution in [0.15, 0.2) is 72.8 Å². The molecule has 1 N–H and O–H groups in total. The van der Waals surface area contributed by atoms with E-state index in [1.165, 1.54) is 6.42 Å². The van der Waals surface area contributed by atoms with Gasteiger partial charge in [-0.1, -0.05) is 67.8 Å². The van der Waals surface area contributed by atoms with E-state index in [2.05, 4.69) is 5.32 Å². The lowest BCUT2D eigenvalue weighted by molar-refractivity contribution is -0.143. The van der Waals surface area contributed by atoms with E-state index in [0.717, 1.165) is 47.9 Å². The van der Waals surface area contributed by atoms with Gasteiger partial charge in [0.2, 0.25) is 5.91 Å². The molecule has 0 unspecified atom stereocenters. The summed E-state index contributed by atoms with van der Waals surface area (Å²) in [6.07, 6.45) is 5.80. The highest BCUT2D eigenvalue weighted by Gasteiger charge is 2.32. The largest absolute Gasteiger partial charge is 0.497 e. The maximum atomic E-state index is 13.9. The summed E-state index contributed by atoms with van der Waals surface area (Å²) >= 11 is 0. The fraction of sp³-hybridized carbons (Fsp3) is 0.394. The Hall–Kier alpha value is -3.80. The fourth-order valence-corrected chi connectivity index (χ4v) is 5.10. The summed E-state index contributed by atoms with van der Waals surface area (Å²) in [6.45, 7) is 4.17. The van der Waals surface area contributed by atoms with Gasteiger partial charge in [-0.3, -0.25) is 9.59 Å². The summed E-state index contributed by atoms with van der Waals surface area (Å²) in [4.78, 5) is 29.4. The van der Waals surface area contributed by atoms with Crippen molar-refractivity contribution in [1.82, 2.24) is 10.2 Å². The van der Waals surface area contributed by atoms with E-state index in [0.29, 0.717) is 17.9 Å². The van der Waals surface area contributed by atoms with Crippen molar-refractivity contribution in [3.05, 3.63) is 95.1 Å². The average Bonchev–Trinajstić information content (AvgIpc) is 2.96. The standard InChI is InChI=1S/C33H40N2O4/c1-24-17-18-30(19-25(24)2)39-23-32(36)35(22-27-13-10-16-29(20-27)38-3)31(21-26-11-6-4-7-12-26)33(37)34-28-14-8-5-9-15-28/h4,6-7,10-13,16-20,28,31H,5,8-9,14-15,21-23H2,1-3H3,(H,34,37)/t31-/m1/s1. The third-order valence-corrected chi connectivity index (χ3v) is 7.55. The Morgan fingerprint density at radius 3 is 2.33 bits per heavy atom. The van der Waals surface area contributed by atoms with Crippen LogP contribution < -0.4 is 14.8 Å². The number of hydrogen-bond donors (Lipinski definition) is 1. The van der Waals surface area contributed by atoms with Gasteiger partial charge >= 0.3 is 0 Å². The van der Waals surface area contributed by atoms with E-state index >= 15 is 0 Å². The first kappa shape index (κ1) is 28.2.